The van der Waals surface area contributed by atoms with E-state index in [0.29, 0.717) is 0 Å². The molecule has 0 amide bonds. The van der Waals surface area contributed by atoms with Crippen LogP contribution in [0.2, 0.25) is 0 Å². The molecule has 0 aromatic carbocycles. The average molecular weight is 151 g/mol. The van der Waals surface area contributed by atoms with Crippen LogP contribution in [0.5, 0.6) is 0 Å². The van der Waals surface area contributed by atoms with E-state index in [0.717, 1.165) is 17.0 Å². The highest BCUT2D eigenvalue weighted by Gasteiger charge is 2.06. The molecule has 3 N–H and O–H groups in total. The lowest BCUT2D eigenvalue weighted by Gasteiger charge is -1.98. The summed E-state index contributed by atoms with van der Waals surface area (Å²) in [6.07, 6.45) is 1.96. The molecule has 0 aliphatic carbocycles. The molecule has 1 rings (SSSR count). The van der Waals surface area contributed by atoms with E-state index in [-0.39, 0.29) is 0 Å². The van der Waals surface area contributed by atoms with Crippen LogP contribution in [0.15, 0.2) is 11.3 Å². The fourth-order valence-electron chi connectivity index (χ4n) is 1.28. The highest BCUT2D eigenvalue weighted by molar-refractivity contribution is 6.00. The van der Waals surface area contributed by atoms with Crippen LogP contribution in [0.3, 0.4) is 0 Å². The van der Waals surface area contributed by atoms with Gasteiger partial charge in [-0.1, -0.05) is 0 Å². The Morgan fingerprint density at radius 3 is 2.55 bits per heavy atom. The molecule has 0 aliphatic rings. The van der Waals surface area contributed by atoms with Crippen LogP contribution in [0.25, 0.3) is 0 Å². The normalized spacial score (nSPS) is 12.1. The molecule has 1 heterocycles. The third-order valence-electron chi connectivity index (χ3n) is 1.83. The molecule has 0 atom stereocenters. The van der Waals surface area contributed by atoms with Gasteiger partial charge in [-0.15, -0.1) is 0 Å². The molecule has 60 valence electrons. The minimum absolute atomic E-state index is 0.876. The Morgan fingerprint density at radius 2 is 2.18 bits per heavy atom. The predicted molar refractivity (Wildman–Crippen MR) is 46.7 cm³/mol. The van der Waals surface area contributed by atoms with Crippen molar-refractivity contribution < 1.29 is 0 Å². The molecule has 0 aliphatic heterocycles. The predicted octanol–water partition coefficient (Wildman–Crippen LogP) is 1.31. The number of nitrogens with two attached hydrogens (primary N) is 1. The van der Waals surface area contributed by atoms with Crippen molar-refractivity contribution in [3.05, 3.63) is 23.0 Å². The Balaban J connectivity index is 3.21. The molecule has 11 heavy (non-hydrogen) atoms. The van der Waals surface area contributed by atoms with Gasteiger partial charge in [0.15, 0.2) is 0 Å². The second-order valence-corrected chi connectivity index (χ2v) is 2.69. The van der Waals surface area contributed by atoms with Crippen molar-refractivity contribution in [1.82, 2.24) is 4.98 Å². The first kappa shape index (κ1) is 7.85. The molecular formula is C8H13N3. The molecule has 0 saturated carbocycles. The first-order valence-corrected chi connectivity index (χ1v) is 3.56. The maximum Gasteiger partial charge on any atom is 0.0662 e. The number of aryl methyl sites for hydroxylation is 2. The lowest BCUT2D eigenvalue weighted by Crippen LogP contribution is -2.00. The van der Waals surface area contributed by atoms with Crippen molar-refractivity contribution in [2.45, 2.75) is 20.8 Å². The summed E-state index contributed by atoms with van der Waals surface area (Å²) in [5, 5.41) is 3.65. The van der Waals surface area contributed by atoms with Gasteiger partial charge in [0, 0.05) is 17.5 Å². The summed E-state index contributed by atoms with van der Waals surface area (Å²) < 4.78 is 0. The van der Waals surface area contributed by atoms with Crippen LogP contribution in [0.4, 0.5) is 0 Å². The molecule has 3 heteroatoms. The third kappa shape index (κ3) is 1.27. The maximum absolute atomic E-state index is 5.18. The molecule has 0 spiro atoms. The van der Waals surface area contributed by atoms with Crippen molar-refractivity contribution in [2.24, 2.45) is 10.9 Å². The molecule has 0 bridgehead atoms. The SMILES string of the molecule is CC(=NN)c1c(C)c[nH]c1C. The summed E-state index contributed by atoms with van der Waals surface area (Å²) in [6, 6.07) is 0. The van der Waals surface area contributed by atoms with E-state index in [1.165, 1.54) is 5.56 Å². The Hall–Kier alpha value is -1.25. The second-order valence-electron chi connectivity index (χ2n) is 2.69. The Bertz CT molecular complexity index is 264. The van der Waals surface area contributed by atoms with Gasteiger partial charge in [0.25, 0.3) is 0 Å². The van der Waals surface area contributed by atoms with Gasteiger partial charge in [0.1, 0.15) is 0 Å². The fourth-order valence-corrected chi connectivity index (χ4v) is 1.28. The molecule has 0 radical (unpaired) electrons. The minimum atomic E-state index is 0.876. The van der Waals surface area contributed by atoms with Crippen molar-refractivity contribution in [3.63, 3.8) is 0 Å². The van der Waals surface area contributed by atoms with Gasteiger partial charge in [-0.25, -0.2) is 0 Å². The number of nitrogens with zero attached hydrogens (tertiary/aromatic N) is 1. The van der Waals surface area contributed by atoms with Crippen LogP contribution >= 0.6 is 0 Å². The number of hydrazone groups is 1. The average Bonchev–Trinajstić information content (AvgIpc) is 2.30. The summed E-state index contributed by atoms with van der Waals surface area (Å²) in [5.41, 5.74) is 4.32. The lowest BCUT2D eigenvalue weighted by atomic mass is 10.1. The number of aromatic amines is 1. The maximum atomic E-state index is 5.18. The van der Waals surface area contributed by atoms with Crippen LogP contribution in [-0.4, -0.2) is 10.7 Å². The first-order chi connectivity index (χ1) is 5.16. The van der Waals surface area contributed by atoms with Gasteiger partial charge in [-0.2, -0.15) is 5.10 Å². The van der Waals surface area contributed by atoms with E-state index in [4.69, 9.17) is 5.84 Å². The molecule has 1 aromatic rings. The fraction of sp³-hybridized carbons (Fsp3) is 0.375. The van der Waals surface area contributed by atoms with Crippen LogP contribution in [-0.2, 0) is 0 Å². The van der Waals surface area contributed by atoms with Gasteiger partial charge >= 0.3 is 0 Å². The third-order valence-corrected chi connectivity index (χ3v) is 1.83. The molecule has 1 aromatic heterocycles. The molecule has 3 nitrogen and oxygen atoms in total. The van der Waals surface area contributed by atoms with Gasteiger partial charge in [-0.05, 0) is 26.3 Å². The Morgan fingerprint density at radius 1 is 1.55 bits per heavy atom. The zero-order valence-electron chi connectivity index (χ0n) is 7.10. The summed E-state index contributed by atoms with van der Waals surface area (Å²) >= 11 is 0. The molecule has 0 unspecified atom stereocenters. The molecule has 0 fully saturated rings. The summed E-state index contributed by atoms with van der Waals surface area (Å²) in [7, 11) is 0. The van der Waals surface area contributed by atoms with E-state index in [9.17, 15) is 0 Å². The van der Waals surface area contributed by atoms with E-state index in [1.54, 1.807) is 0 Å². The smallest absolute Gasteiger partial charge is 0.0662 e. The number of aromatic nitrogens is 1. The van der Waals surface area contributed by atoms with E-state index < -0.39 is 0 Å². The minimum Gasteiger partial charge on any atom is -0.364 e. The van der Waals surface area contributed by atoms with Crippen LogP contribution in [0.1, 0.15) is 23.7 Å². The number of hydrogen-bond donors (Lipinski definition) is 2. The molecular weight excluding hydrogens is 138 g/mol. The van der Waals surface area contributed by atoms with Gasteiger partial charge in [0.05, 0.1) is 5.71 Å². The monoisotopic (exact) mass is 151 g/mol. The second kappa shape index (κ2) is 2.78. The highest BCUT2D eigenvalue weighted by atomic mass is 15.1. The van der Waals surface area contributed by atoms with Gasteiger partial charge < -0.3 is 10.8 Å². The van der Waals surface area contributed by atoms with Crippen LogP contribution in [0, 0.1) is 13.8 Å². The first-order valence-electron chi connectivity index (χ1n) is 3.56. The summed E-state index contributed by atoms with van der Waals surface area (Å²) in [4.78, 5) is 3.12. The standard InChI is InChI=1S/C8H13N3/c1-5-4-10-6(2)8(5)7(3)11-9/h4,10H,9H2,1-3H3. The van der Waals surface area contributed by atoms with Gasteiger partial charge in [-0.3, -0.25) is 0 Å². The Kier molecular flexibility index (Phi) is 1.98. The largest absolute Gasteiger partial charge is 0.364 e. The zero-order valence-corrected chi connectivity index (χ0v) is 7.10. The number of nitrogens with one attached hydrogen (secondary N) is 1. The quantitative estimate of drug-likeness (QED) is 0.355. The number of hydrogen-bond acceptors (Lipinski definition) is 2. The van der Waals surface area contributed by atoms with Gasteiger partial charge in [0.2, 0.25) is 0 Å². The zero-order chi connectivity index (χ0) is 8.43. The van der Waals surface area contributed by atoms with Crippen molar-refractivity contribution in [2.75, 3.05) is 0 Å². The topological polar surface area (TPSA) is 54.2 Å². The summed E-state index contributed by atoms with van der Waals surface area (Å²) in [5.74, 6) is 5.18. The van der Waals surface area contributed by atoms with Crippen LogP contribution < -0.4 is 5.84 Å². The number of rotatable bonds is 1. The summed E-state index contributed by atoms with van der Waals surface area (Å²) in [6.45, 7) is 5.95. The highest BCUT2D eigenvalue weighted by Crippen LogP contribution is 2.12. The number of H-pyrrole nitrogens is 1. The van der Waals surface area contributed by atoms with E-state index >= 15 is 0 Å². The van der Waals surface area contributed by atoms with Crippen molar-refractivity contribution in [3.8, 4) is 0 Å². The lowest BCUT2D eigenvalue weighted by molar-refractivity contribution is 1.22. The molecule has 0 saturated heterocycles. The Labute approximate surface area is 66.3 Å². The van der Waals surface area contributed by atoms with Crippen molar-refractivity contribution >= 4 is 5.71 Å². The van der Waals surface area contributed by atoms with E-state index in [1.807, 2.05) is 27.0 Å². The van der Waals surface area contributed by atoms with E-state index in [2.05, 4.69) is 10.1 Å². The van der Waals surface area contributed by atoms with Crippen molar-refractivity contribution in [1.29, 1.82) is 0 Å².